The zero-order valence-electron chi connectivity index (χ0n) is 12.3. The number of hydrogen-bond acceptors (Lipinski definition) is 2. The molecule has 0 amide bonds. The summed E-state index contributed by atoms with van der Waals surface area (Å²) in [6, 6.07) is 8.13. The topological polar surface area (TPSA) is 15.3 Å². The minimum Gasteiger partial charge on any atom is -0.368 e. The van der Waals surface area contributed by atoms with Crippen molar-refractivity contribution in [2.75, 3.05) is 18.5 Å². The molecule has 0 saturated carbocycles. The maximum Gasteiger partial charge on any atom is 0.0374 e. The third-order valence-electron chi connectivity index (χ3n) is 4.48. The first-order valence-electron chi connectivity index (χ1n) is 7.05. The molecule has 2 rings (SSSR count). The molecule has 2 nitrogen and oxygen atoms in total. The van der Waals surface area contributed by atoms with E-state index < -0.39 is 0 Å². The lowest BCUT2D eigenvalue weighted by Crippen LogP contribution is -2.52. The van der Waals surface area contributed by atoms with E-state index in [0.717, 1.165) is 6.54 Å². The fraction of sp³-hybridized carbons (Fsp3) is 0.625. The second-order valence-corrected chi connectivity index (χ2v) is 5.82. The molecular formula is C16H26N2. The van der Waals surface area contributed by atoms with Crippen LogP contribution in [-0.2, 0) is 0 Å². The number of nitrogens with zero attached hydrogens (tertiary/aromatic N) is 1. The Bertz CT molecular complexity index is 393. The van der Waals surface area contributed by atoms with Crippen molar-refractivity contribution in [3.63, 3.8) is 0 Å². The number of aryl methyl sites for hydroxylation is 2. The molecule has 2 heteroatoms. The van der Waals surface area contributed by atoms with Crippen molar-refractivity contribution >= 4 is 5.69 Å². The van der Waals surface area contributed by atoms with E-state index in [1.54, 1.807) is 0 Å². The summed E-state index contributed by atoms with van der Waals surface area (Å²) in [5.74, 6) is 0.685. The van der Waals surface area contributed by atoms with E-state index in [0.29, 0.717) is 18.0 Å². The summed E-state index contributed by atoms with van der Waals surface area (Å²) in [6.45, 7) is 10.2. The first-order chi connectivity index (χ1) is 8.52. The van der Waals surface area contributed by atoms with Gasteiger partial charge in [-0.25, -0.2) is 0 Å². The van der Waals surface area contributed by atoms with Crippen molar-refractivity contribution in [1.29, 1.82) is 0 Å². The highest BCUT2D eigenvalue weighted by atomic mass is 15.2. The Balaban J connectivity index is 2.23. The molecule has 3 unspecified atom stereocenters. The number of hydrogen-bond donors (Lipinski definition) is 1. The van der Waals surface area contributed by atoms with E-state index >= 15 is 0 Å². The maximum absolute atomic E-state index is 3.45. The molecule has 1 aliphatic heterocycles. The van der Waals surface area contributed by atoms with Crippen LogP contribution in [0, 0.1) is 19.8 Å². The number of rotatable bonds is 2. The van der Waals surface area contributed by atoms with Crippen molar-refractivity contribution in [1.82, 2.24) is 5.32 Å². The van der Waals surface area contributed by atoms with Gasteiger partial charge in [-0.2, -0.15) is 0 Å². The van der Waals surface area contributed by atoms with Gasteiger partial charge in [-0.15, -0.1) is 0 Å². The minimum absolute atomic E-state index is 0.595. The van der Waals surface area contributed by atoms with E-state index in [9.17, 15) is 0 Å². The molecule has 18 heavy (non-hydrogen) atoms. The Morgan fingerprint density at radius 3 is 2.28 bits per heavy atom. The van der Waals surface area contributed by atoms with Crippen molar-refractivity contribution in [3.05, 3.63) is 29.3 Å². The van der Waals surface area contributed by atoms with Gasteiger partial charge >= 0.3 is 0 Å². The Labute approximate surface area is 111 Å². The van der Waals surface area contributed by atoms with Gasteiger partial charge in [0.15, 0.2) is 0 Å². The van der Waals surface area contributed by atoms with E-state index in [1.165, 1.54) is 23.2 Å². The van der Waals surface area contributed by atoms with Gasteiger partial charge in [-0.3, -0.25) is 0 Å². The van der Waals surface area contributed by atoms with Crippen LogP contribution in [0.5, 0.6) is 0 Å². The molecule has 1 N–H and O–H groups in total. The van der Waals surface area contributed by atoms with Crippen molar-refractivity contribution < 1.29 is 0 Å². The van der Waals surface area contributed by atoms with Gasteiger partial charge in [-0.05, 0) is 63.4 Å². The van der Waals surface area contributed by atoms with Crippen LogP contribution in [0.1, 0.15) is 31.4 Å². The molecule has 0 bridgehead atoms. The molecule has 0 spiro atoms. The first kappa shape index (κ1) is 13.4. The number of anilines is 1. The van der Waals surface area contributed by atoms with Crippen LogP contribution < -0.4 is 10.2 Å². The van der Waals surface area contributed by atoms with E-state index in [-0.39, 0.29) is 0 Å². The largest absolute Gasteiger partial charge is 0.368 e. The summed E-state index contributed by atoms with van der Waals surface area (Å²) in [5.41, 5.74) is 4.11. The van der Waals surface area contributed by atoms with Crippen LogP contribution in [0.3, 0.4) is 0 Å². The molecule has 1 fully saturated rings. The van der Waals surface area contributed by atoms with Crippen LogP contribution in [0.15, 0.2) is 18.2 Å². The summed E-state index contributed by atoms with van der Waals surface area (Å²) >= 11 is 0. The fourth-order valence-corrected chi connectivity index (χ4v) is 3.25. The van der Waals surface area contributed by atoms with Crippen molar-refractivity contribution in [2.24, 2.45) is 5.92 Å². The summed E-state index contributed by atoms with van der Waals surface area (Å²) in [7, 11) is 2.08. The highest BCUT2D eigenvalue weighted by molar-refractivity contribution is 5.52. The maximum atomic E-state index is 3.45. The molecule has 1 saturated heterocycles. The van der Waals surface area contributed by atoms with Crippen LogP contribution >= 0.6 is 0 Å². The van der Waals surface area contributed by atoms with Crippen LogP contribution in [0.2, 0.25) is 0 Å². The molecule has 1 aromatic carbocycles. The molecule has 1 aromatic rings. The Morgan fingerprint density at radius 2 is 1.72 bits per heavy atom. The summed E-state index contributed by atoms with van der Waals surface area (Å²) in [5, 5.41) is 3.45. The average Bonchev–Trinajstić information content (AvgIpc) is 2.31. The first-order valence-corrected chi connectivity index (χ1v) is 7.05. The van der Waals surface area contributed by atoms with Crippen molar-refractivity contribution in [2.45, 2.75) is 46.2 Å². The molecule has 0 aromatic heterocycles. The minimum atomic E-state index is 0.595. The molecule has 1 aliphatic rings. The van der Waals surface area contributed by atoms with Crippen LogP contribution in [0.25, 0.3) is 0 Å². The SMILES string of the molecule is CNC1CCN(c2cc(C)cc(C)c2)C(C)C1C. The normalized spacial score (nSPS) is 28.5. The highest BCUT2D eigenvalue weighted by Crippen LogP contribution is 2.29. The number of piperidine rings is 1. The molecular weight excluding hydrogens is 220 g/mol. The molecule has 3 atom stereocenters. The highest BCUT2D eigenvalue weighted by Gasteiger charge is 2.31. The monoisotopic (exact) mass is 246 g/mol. The molecule has 0 aliphatic carbocycles. The molecule has 100 valence electrons. The van der Waals surface area contributed by atoms with Crippen LogP contribution in [-0.4, -0.2) is 25.7 Å². The van der Waals surface area contributed by atoms with E-state index in [4.69, 9.17) is 0 Å². The smallest absolute Gasteiger partial charge is 0.0374 e. The van der Waals surface area contributed by atoms with Gasteiger partial charge in [0.2, 0.25) is 0 Å². The standard InChI is InChI=1S/C16H26N2/c1-11-8-12(2)10-15(9-11)18-7-6-16(17-5)13(3)14(18)4/h8-10,13-14,16-17H,6-7H2,1-5H3. The quantitative estimate of drug-likeness (QED) is 0.862. The lowest BCUT2D eigenvalue weighted by Gasteiger charge is -2.44. The second kappa shape index (κ2) is 5.31. The lowest BCUT2D eigenvalue weighted by atomic mass is 9.86. The predicted octanol–water partition coefficient (Wildman–Crippen LogP) is 3.13. The van der Waals surface area contributed by atoms with E-state index in [1.807, 2.05) is 0 Å². The van der Waals surface area contributed by atoms with Gasteiger partial charge < -0.3 is 10.2 Å². The zero-order valence-corrected chi connectivity index (χ0v) is 12.3. The third kappa shape index (κ3) is 2.54. The van der Waals surface area contributed by atoms with E-state index in [2.05, 4.69) is 63.2 Å². The Morgan fingerprint density at radius 1 is 1.11 bits per heavy atom. The zero-order chi connectivity index (χ0) is 13.3. The third-order valence-corrected chi connectivity index (χ3v) is 4.48. The lowest BCUT2D eigenvalue weighted by molar-refractivity contribution is 0.282. The van der Waals surface area contributed by atoms with Gasteiger partial charge in [0.25, 0.3) is 0 Å². The van der Waals surface area contributed by atoms with Gasteiger partial charge in [0.1, 0.15) is 0 Å². The van der Waals surface area contributed by atoms with Gasteiger partial charge in [0.05, 0.1) is 0 Å². The average molecular weight is 246 g/mol. The van der Waals surface area contributed by atoms with Crippen LogP contribution in [0.4, 0.5) is 5.69 Å². The summed E-state index contributed by atoms with van der Waals surface area (Å²) < 4.78 is 0. The molecule has 1 heterocycles. The van der Waals surface area contributed by atoms with Crippen molar-refractivity contribution in [3.8, 4) is 0 Å². The number of benzene rings is 1. The Hall–Kier alpha value is -1.02. The Kier molecular flexibility index (Phi) is 3.96. The second-order valence-electron chi connectivity index (χ2n) is 5.82. The van der Waals surface area contributed by atoms with Gasteiger partial charge in [0, 0.05) is 24.3 Å². The van der Waals surface area contributed by atoms with Gasteiger partial charge in [-0.1, -0.05) is 13.0 Å². The number of nitrogens with one attached hydrogen (secondary N) is 1. The fourth-order valence-electron chi connectivity index (χ4n) is 3.25. The predicted molar refractivity (Wildman–Crippen MR) is 79.4 cm³/mol. The molecule has 0 radical (unpaired) electrons. The summed E-state index contributed by atoms with van der Waals surface area (Å²) in [6.07, 6.45) is 1.23. The summed E-state index contributed by atoms with van der Waals surface area (Å²) in [4.78, 5) is 2.57.